The standard InChI is InChI=1S/C14H12FN3O/c1-19-8-5-6-11-12(7-8)18-14(17-11)13-9(15)3-2-4-10(13)16/h2-7H,16H2,1H3,(H,17,18). The van der Waals surface area contributed by atoms with E-state index in [9.17, 15) is 4.39 Å². The topological polar surface area (TPSA) is 63.9 Å². The van der Waals surface area contributed by atoms with Crippen LogP contribution in [-0.4, -0.2) is 17.1 Å². The Morgan fingerprint density at radius 3 is 2.84 bits per heavy atom. The molecule has 0 aliphatic carbocycles. The van der Waals surface area contributed by atoms with E-state index in [-0.39, 0.29) is 5.56 Å². The van der Waals surface area contributed by atoms with Crippen molar-refractivity contribution in [3.05, 3.63) is 42.2 Å². The summed E-state index contributed by atoms with van der Waals surface area (Å²) < 4.78 is 19.0. The monoisotopic (exact) mass is 257 g/mol. The molecule has 0 saturated carbocycles. The number of H-pyrrole nitrogens is 1. The van der Waals surface area contributed by atoms with Gasteiger partial charge in [-0.2, -0.15) is 0 Å². The number of ether oxygens (including phenoxy) is 1. The molecule has 0 fully saturated rings. The van der Waals surface area contributed by atoms with E-state index in [2.05, 4.69) is 9.97 Å². The Morgan fingerprint density at radius 2 is 2.11 bits per heavy atom. The predicted molar refractivity (Wildman–Crippen MR) is 72.5 cm³/mol. The number of methoxy groups -OCH3 is 1. The number of fused-ring (bicyclic) bond motifs is 1. The van der Waals surface area contributed by atoms with Crippen molar-refractivity contribution in [1.82, 2.24) is 9.97 Å². The van der Waals surface area contributed by atoms with Gasteiger partial charge in [-0.25, -0.2) is 9.37 Å². The quantitative estimate of drug-likeness (QED) is 0.694. The van der Waals surface area contributed by atoms with Crippen LogP contribution in [0.2, 0.25) is 0 Å². The van der Waals surface area contributed by atoms with E-state index < -0.39 is 5.82 Å². The molecular weight excluding hydrogens is 245 g/mol. The van der Waals surface area contributed by atoms with Crippen LogP contribution in [0.1, 0.15) is 0 Å². The number of nitrogen functional groups attached to an aromatic ring is 1. The van der Waals surface area contributed by atoms with Gasteiger partial charge in [0, 0.05) is 11.8 Å². The molecule has 4 nitrogen and oxygen atoms in total. The number of imidazole rings is 1. The number of anilines is 1. The average Bonchev–Trinajstić information content (AvgIpc) is 2.80. The van der Waals surface area contributed by atoms with Crippen LogP contribution in [0.5, 0.6) is 5.75 Å². The predicted octanol–water partition coefficient (Wildman–Crippen LogP) is 2.96. The average molecular weight is 257 g/mol. The number of halogens is 1. The van der Waals surface area contributed by atoms with Crippen molar-refractivity contribution in [3.63, 3.8) is 0 Å². The van der Waals surface area contributed by atoms with Crippen molar-refractivity contribution in [2.45, 2.75) is 0 Å². The third-order valence-corrected chi connectivity index (χ3v) is 2.97. The van der Waals surface area contributed by atoms with Crippen LogP contribution in [-0.2, 0) is 0 Å². The number of aromatic amines is 1. The first-order chi connectivity index (χ1) is 9.19. The van der Waals surface area contributed by atoms with Crippen molar-refractivity contribution >= 4 is 16.7 Å². The van der Waals surface area contributed by atoms with Gasteiger partial charge in [-0.3, -0.25) is 0 Å². The van der Waals surface area contributed by atoms with Crippen LogP contribution in [0.15, 0.2) is 36.4 Å². The Morgan fingerprint density at radius 1 is 1.26 bits per heavy atom. The van der Waals surface area contributed by atoms with Crippen LogP contribution in [0.4, 0.5) is 10.1 Å². The zero-order valence-electron chi connectivity index (χ0n) is 10.3. The van der Waals surface area contributed by atoms with Gasteiger partial charge in [-0.1, -0.05) is 6.07 Å². The largest absolute Gasteiger partial charge is 0.497 e. The highest BCUT2D eigenvalue weighted by atomic mass is 19.1. The molecule has 1 heterocycles. The van der Waals surface area contributed by atoms with E-state index in [1.165, 1.54) is 6.07 Å². The van der Waals surface area contributed by atoms with Gasteiger partial charge < -0.3 is 15.5 Å². The molecule has 0 amide bonds. The molecule has 2 aromatic carbocycles. The fraction of sp³-hybridized carbons (Fsp3) is 0.0714. The lowest BCUT2D eigenvalue weighted by Gasteiger charge is -2.02. The molecule has 3 aromatic rings. The minimum Gasteiger partial charge on any atom is -0.497 e. The molecule has 3 N–H and O–H groups in total. The van der Waals surface area contributed by atoms with Gasteiger partial charge in [0.2, 0.25) is 0 Å². The van der Waals surface area contributed by atoms with Crippen molar-refractivity contribution in [2.24, 2.45) is 0 Å². The SMILES string of the molecule is COc1ccc2nc(-c3c(N)cccc3F)[nH]c2c1. The summed E-state index contributed by atoms with van der Waals surface area (Å²) in [5.74, 6) is 0.731. The van der Waals surface area contributed by atoms with E-state index in [0.717, 1.165) is 11.0 Å². The fourth-order valence-electron chi connectivity index (χ4n) is 2.02. The summed E-state index contributed by atoms with van der Waals surface area (Å²) in [6.07, 6.45) is 0. The first-order valence-corrected chi connectivity index (χ1v) is 5.77. The molecule has 1 aromatic heterocycles. The normalized spacial score (nSPS) is 10.8. The Bertz CT molecular complexity index is 731. The number of nitrogens with one attached hydrogen (secondary N) is 1. The first-order valence-electron chi connectivity index (χ1n) is 5.77. The molecule has 0 radical (unpaired) electrons. The van der Waals surface area contributed by atoms with Crippen molar-refractivity contribution in [1.29, 1.82) is 0 Å². The van der Waals surface area contributed by atoms with Crippen LogP contribution in [0.3, 0.4) is 0 Å². The van der Waals surface area contributed by atoms with Crippen LogP contribution < -0.4 is 10.5 Å². The second-order valence-electron chi connectivity index (χ2n) is 4.17. The summed E-state index contributed by atoms with van der Waals surface area (Å²) >= 11 is 0. The highest BCUT2D eigenvalue weighted by Crippen LogP contribution is 2.29. The van der Waals surface area contributed by atoms with Crippen molar-refractivity contribution < 1.29 is 9.13 Å². The van der Waals surface area contributed by atoms with Gasteiger partial charge in [0.15, 0.2) is 0 Å². The number of nitrogens with zero attached hydrogens (tertiary/aromatic N) is 1. The molecule has 3 rings (SSSR count). The third-order valence-electron chi connectivity index (χ3n) is 2.97. The Hall–Kier alpha value is -2.56. The third kappa shape index (κ3) is 1.89. The molecule has 0 saturated heterocycles. The zero-order valence-corrected chi connectivity index (χ0v) is 10.3. The summed E-state index contributed by atoms with van der Waals surface area (Å²) in [6.45, 7) is 0. The number of benzene rings is 2. The highest BCUT2D eigenvalue weighted by Gasteiger charge is 2.13. The van der Waals surface area contributed by atoms with Crippen molar-refractivity contribution in [2.75, 3.05) is 12.8 Å². The van der Waals surface area contributed by atoms with Crippen LogP contribution in [0, 0.1) is 5.82 Å². The Kier molecular flexibility index (Phi) is 2.59. The van der Waals surface area contributed by atoms with Gasteiger partial charge in [-0.05, 0) is 24.3 Å². The maximum absolute atomic E-state index is 13.8. The van der Waals surface area contributed by atoms with Gasteiger partial charge >= 0.3 is 0 Å². The number of hydrogen-bond acceptors (Lipinski definition) is 3. The molecule has 0 spiro atoms. The number of rotatable bonds is 2. The molecule has 19 heavy (non-hydrogen) atoms. The molecule has 0 unspecified atom stereocenters. The van der Waals surface area contributed by atoms with Gasteiger partial charge in [-0.15, -0.1) is 0 Å². The van der Waals surface area contributed by atoms with Crippen LogP contribution in [0.25, 0.3) is 22.4 Å². The summed E-state index contributed by atoms with van der Waals surface area (Å²) in [6, 6.07) is 10.00. The first kappa shape index (κ1) is 11.5. The summed E-state index contributed by atoms with van der Waals surface area (Å²) in [4.78, 5) is 7.41. The second-order valence-corrected chi connectivity index (χ2v) is 4.17. The Balaban J connectivity index is 2.21. The lowest BCUT2D eigenvalue weighted by atomic mass is 10.1. The van der Waals surface area contributed by atoms with E-state index >= 15 is 0 Å². The summed E-state index contributed by atoms with van der Waals surface area (Å²) in [5.41, 5.74) is 7.96. The lowest BCUT2D eigenvalue weighted by molar-refractivity contribution is 0.415. The maximum Gasteiger partial charge on any atom is 0.143 e. The molecule has 0 aliphatic heterocycles. The molecule has 96 valence electrons. The van der Waals surface area contributed by atoms with Crippen molar-refractivity contribution in [3.8, 4) is 17.1 Å². The number of hydrogen-bond donors (Lipinski definition) is 2. The molecule has 0 aliphatic rings. The molecular formula is C14H12FN3O. The minimum absolute atomic E-state index is 0.290. The molecule has 0 atom stereocenters. The smallest absolute Gasteiger partial charge is 0.143 e. The van der Waals surface area contributed by atoms with Gasteiger partial charge in [0.25, 0.3) is 0 Å². The lowest BCUT2D eigenvalue weighted by Crippen LogP contribution is -1.94. The van der Waals surface area contributed by atoms with Crippen LogP contribution >= 0.6 is 0 Å². The van der Waals surface area contributed by atoms with E-state index in [1.54, 1.807) is 25.3 Å². The minimum atomic E-state index is -0.397. The van der Waals surface area contributed by atoms with E-state index in [0.29, 0.717) is 17.3 Å². The summed E-state index contributed by atoms with van der Waals surface area (Å²) in [7, 11) is 1.59. The van der Waals surface area contributed by atoms with E-state index in [4.69, 9.17) is 10.5 Å². The second kappa shape index (κ2) is 4.28. The van der Waals surface area contributed by atoms with E-state index in [1.807, 2.05) is 12.1 Å². The highest BCUT2D eigenvalue weighted by molar-refractivity contribution is 5.83. The van der Waals surface area contributed by atoms with Gasteiger partial charge in [0.05, 0.1) is 23.7 Å². The molecule has 0 bridgehead atoms. The Labute approximate surface area is 109 Å². The molecule has 5 heteroatoms. The summed E-state index contributed by atoms with van der Waals surface area (Å²) in [5, 5.41) is 0. The number of nitrogens with two attached hydrogens (primary N) is 1. The zero-order chi connectivity index (χ0) is 13.4. The fourth-order valence-corrected chi connectivity index (χ4v) is 2.02. The number of aromatic nitrogens is 2. The van der Waals surface area contributed by atoms with Gasteiger partial charge in [0.1, 0.15) is 17.4 Å². The maximum atomic E-state index is 13.8.